The quantitative estimate of drug-likeness (QED) is 0.490. The Morgan fingerprint density at radius 3 is 2.83 bits per heavy atom. The smallest absolute Gasteiger partial charge is 0.270 e. The third-order valence-electron chi connectivity index (χ3n) is 5.22. The van der Waals surface area contributed by atoms with Gasteiger partial charge in [0.25, 0.3) is 5.91 Å². The predicted molar refractivity (Wildman–Crippen MR) is 110 cm³/mol. The number of aromatic amines is 1. The van der Waals surface area contributed by atoms with Crippen LogP contribution in [-0.4, -0.2) is 39.6 Å². The van der Waals surface area contributed by atoms with E-state index in [4.69, 9.17) is 5.26 Å². The molecule has 0 spiro atoms. The van der Waals surface area contributed by atoms with Crippen molar-refractivity contribution in [2.24, 2.45) is 0 Å². The number of hydrogen-bond acceptors (Lipinski definition) is 5. The molecular weight excluding hydrogens is 401 g/mol. The van der Waals surface area contributed by atoms with Crippen molar-refractivity contribution in [3.8, 4) is 17.5 Å². The van der Waals surface area contributed by atoms with Gasteiger partial charge in [0.15, 0.2) is 6.19 Å². The SMILES string of the molecule is N#CN1CC2=C[C@]2(NC(=O)c2cc(-c3ccccc3Sc3ccc(F)cc3)n[nH]2)C1. The second-order valence-electron chi connectivity index (χ2n) is 7.27. The number of fused-ring (bicyclic) bond motifs is 1. The Hall–Kier alpha value is -3.57. The van der Waals surface area contributed by atoms with Gasteiger partial charge in [-0.1, -0.05) is 30.0 Å². The van der Waals surface area contributed by atoms with E-state index in [1.807, 2.05) is 30.3 Å². The van der Waals surface area contributed by atoms with Gasteiger partial charge < -0.3 is 10.2 Å². The predicted octanol–water partition coefficient (Wildman–Crippen LogP) is 3.57. The molecule has 1 atom stereocenters. The van der Waals surface area contributed by atoms with Crippen LogP contribution in [0.4, 0.5) is 4.39 Å². The van der Waals surface area contributed by atoms with Crippen molar-refractivity contribution in [1.82, 2.24) is 20.4 Å². The number of aromatic nitrogens is 2. The van der Waals surface area contributed by atoms with Crippen molar-refractivity contribution in [3.05, 3.63) is 77.8 Å². The van der Waals surface area contributed by atoms with Crippen LogP contribution in [0.3, 0.4) is 0 Å². The molecule has 1 amide bonds. The van der Waals surface area contributed by atoms with Gasteiger partial charge in [-0.3, -0.25) is 9.89 Å². The van der Waals surface area contributed by atoms with E-state index < -0.39 is 5.54 Å². The Balaban J connectivity index is 1.34. The third kappa shape index (κ3) is 3.33. The fourth-order valence-corrected chi connectivity index (χ4v) is 4.58. The van der Waals surface area contributed by atoms with Crippen molar-refractivity contribution in [3.63, 3.8) is 0 Å². The highest BCUT2D eigenvalue weighted by molar-refractivity contribution is 7.99. The minimum absolute atomic E-state index is 0.261. The van der Waals surface area contributed by atoms with Gasteiger partial charge in [-0.15, -0.1) is 0 Å². The lowest BCUT2D eigenvalue weighted by atomic mass is 10.1. The maximum Gasteiger partial charge on any atom is 0.270 e. The summed E-state index contributed by atoms with van der Waals surface area (Å²) in [7, 11) is 0. The Morgan fingerprint density at radius 2 is 2.07 bits per heavy atom. The zero-order chi connectivity index (χ0) is 20.7. The fourth-order valence-electron chi connectivity index (χ4n) is 3.63. The number of carbonyl (C=O) groups excluding carboxylic acids is 1. The molecule has 1 fully saturated rings. The summed E-state index contributed by atoms with van der Waals surface area (Å²) in [6.45, 7) is 1.04. The highest BCUT2D eigenvalue weighted by Crippen LogP contribution is 2.41. The van der Waals surface area contributed by atoms with Gasteiger partial charge in [0.05, 0.1) is 18.8 Å². The Bertz CT molecular complexity index is 1210. The summed E-state index contributed by atoms with van der Waals surface area (Å²) in [5.74, 6) is -0.535. The third-order valence-corrected chi connectivity index (χ3v) is 6.30. The first kappa shape index (κ1) is 18.5. The summed E-state index contributed by atoms with van der Waals surface area (Å²) in [4.78, 5) is 16.2. The second-order valence-corrected chi connectivity index (χ2v) is 8.39. The van der Waals surface area contributed by atoms with Crippen LogP contribution in [0, 0.1) is 17.3 Å². The highest BCUT2D eigenvalue weighted by Gasteiger charge is 2.52. The van der Waals surface area contributed by atoms with Crippen molar-refractivity contribution < 1.29 is 9.18 Å². The highest BCUT2D eigenvalue weighted by atomic mass is 32.2. The molecule has 6 nitrogen and oxygen atoms in total. The lowest BCUT2D eigenvalue weighted by Crippen LogP contribution is -2.42. The van der Waals surface area contributed by atoms with Gasteiger partial charge in [0.1, 0.15) is 17.1 Å². The van der Waals surface area contributed by atoms with Crippen LogP contribution >= 0.6 is 11.8 Å². The average Bonchev–Trinajstić information content (AvgIpc) is 3.10. The summed E-state index contributed by atoms with van der Waals surface area (Å²) in [5, 5.41) is 19.2. The number of nitriles is 1. The van der Waals surface area contributed by atoms with Crippen LogP contribution in [0.5, 0.6) is 0 Å². The average molecular weight is 417 g/mol. The largest absolute Gasteiger partial charge is 0.336 e. The van der Waals surface area contributed by atoms with E-state index in [-0.39, 0.29) is 11.7 Å². The number of halogens is 1. The molecule has 0 saturated carbocycles. The minimum Gasteiger partial charge on any atom is -0.336 e. The zero-order valence-corrected chi connectivity index (χ0v) is 16.5. The molecule has 148 valence electrons. The fraction of sp³-hybridized carbons (Fsp3) is 0.136. The van der Waals surface area contributed by atoms with Crippen LogP contribution < -0.4 is 5.32 Å². The molecule has 2 heterocycles. The first-order valence-electron chi connectivity index (χ1n) is 9.34. The van der Waals surface area contributed by atoms with E-state index in [1.54, 1.807) is 23.1 Å². The molecule has 1 aliphatic carbocycles. The van der Waals surface area contributed by atoms with Gasteiger partial charge in [-0.25, -0.2) is 4.39 Å². The zero-order valence-electron chi connectivity index (χ0n) is 15.7. The van der Waals surface area contributed by atoms with E-state index in [2.05, 4.69) is 21.7 Å². The summed E-state index contributed by atoms with van der Waals surface area (Å²) in [6, 6.07) is 15.8. The number of carbonyl (C=O) groups is 1. The monoisotopic (exact) mass is 417 g/mol. The normalized spacial score (nSPS) is 19.1. The number of benzene rings is 2. The first-order valence-corrected chi connectivity index (χ1v) is 10.2. The molecule has 2 aliphatic rings. The molecule has 2 aromatic carbocycles. The number of rotatable bonds is 5. The van der Waals surface area contributed by atoms with E-state index in [0.717, 1.165) is 20.9 Å². The van der Waals surface area contributed by atoms with Crippen molar-refractivity contribution in [2.75, 3.05) is 13.1 Å². The molecule has 3 aromatic rings. The molecule has 1 aliphatic heterocycles. The molecule has 1 saturated heterocycles. The summed E-state index contributed by atoms with van der Waals surface area (Å²) in [6.07, 6.45) is 4.11. The Labute approximate surface area is 176 Å². The number of hydrogen-bond donors (Lipinski definition) is 2. The molecule has 5 rings (SSSR count). The van der Waals surface area contributed by atoms with Gasteiger partial charge in [0, 0.05) is 15.4 Å². The number of H-pyrrole nitrogens is 1. The van der Waals surface area contributed by atoms with Crippen LogP contribution in [0.2, 0.25) is 0 Å². The molecular formula is C22H16FN5OS. The minimum atomic E-state index is -0.492. The summed E-state index contributed by atoms with van der Waals surface area (Å²) in [5.41, 5.74) is 2.46. The molecule has 2 N–H and O–H groups in total. The first-order chi connectivity index (χ1) is 14.6. The summed E-state index contributed by atoms with van der Waals surface area (Å²) >= 11 is 1.50. The number of nitrogens with zero attached hydrogens (tertiary/aromatic N) is 3. The number of likely N-dealkylation sites (tertiary alicyclic amines) is 1. The van der Waals surface area contributed by atoms with E-state index in [1.165, 1.54) is 23.9 Å². The molecule has 0 unspecified atom stereocenters. The van der Waals surface area contributed by atoms with Crippen LogP contribution in [0.1, 0.15) is 10.5 Å². The van der Waals surface area contributed by atoms with E-state index in [9.17, 15) is 9.18 Å². The maximum atomic E-state index is 13.2. The molecule has 30 heavy (non-hydrogen) atoms. The van der Waals surface area contributed by atoms with Crippen LogP contribution in [0.15, 0.2) is 76.0 Å². The molecule has 0 radical (unpaired) electrons. The topological polar surface area (TPSA) is 84.8 Å². The van der Waals surface area contributed by atoms with Crippen LogP contribution in [-0.2, 0) is 0 Å². The van der Waals surface area contributed by atoms with Crippen molar-refractivity contribution in [2.45, 2.75) is 15.3 Å². The molecule has 1 aromatic heterocycles. The van der Waals surface area contributed by atoms with Crippen molar-refractivity contribution in [1.29, 1.82) is 5.26 Å². The Kier molecular flexibility index (Phi) is 4.33. The lowest BCUT2D eigenvalue weighted by Gasteiger charge is -2.16. The second kappa shape index (κ2) is 7.04. The van der Waals surface area contributed by atoms with Gasteiger partial charge in [-0.05, 0) is 48.0 Å². The van der Waals surface area contributed by atoms with E-state index >= 15 is 0 Å². The number of amides is 1. The van der Waals surface area contributed by atoms with E-state index in [0.29, 0.717) is 24.5 Å². The van der Waals surface area contributed by atoms with Gasteiger partial charge in [0.2, 0.25) is 0 Å². The molecule has 0 bridgehead atoms. The summed E-state index contributed by atoms with van der Waals surface area (Å²) < 4.78 is 13.2. The maximum absolute atomic E-state index is 13.2. The lowest BCUT2D eigenvalue weighted by molar-refractivity contribution is 0.0930. The van der Waals surface area contributed by atoms with Gasteiger partial charge in [-0.2, -0.15) is 10.4 Å². The van der Waals surface area contributed by atoms with Crippen molar-refractivity contribution >= 4 is 17.7 Å². The standard InChI is InChI=1S/C22H16FN5OS/c23-15-5-7-16(8-6-15)30-20-4-2-1-3-17(20)18-9-19(27-26-18)21(29)25-22-10-14(22)11-28(12-22)13-24/h1-10H,11-12H2,(H,25,29)(H,26,27)/t22-/m0/s1. The number of nitrogens with one attached hydrogen (secondary N) is 2. The molecule has 8 heteroatoms. The van der Waals surface area contributed by atoms with Crippen LogP contribution in [0.25, 0.3) is 11.3 Å². The Morgan fingerprint density at radius 1 is 1.27 bits per heavy atom. The van der Waals surface area contributed by atoms with Gasteiger partial charge >= 0.3 is 0 Å².